The molecule has 0 spiro atoms. The molecule has 50 heavy (non-hydrogen) atoms. The fourth-order valence-electron chi connectivity index (χ4n) is 8.83. The number of benzene rings is 4. The van der Waals surface area contributed by atoms with Crippen molar-refractivity contribution < 1.29 is 29.2 Å². The molecule has 4 aromatic carbocycles. The molecule has 0 radical (unpaired) electrons. The third-order valence-electron chi connectivity index (χ3n) is 10.9. The number of amides is 4. The number of carbonyl (C=O) groups excluding carboxylic acids is 4. The summed E-state index contributed by atoms with van der Waals surface area (Å²) >= 11 is 0. The molecule has 8 rings (SSSR count). The standard InChI is InChI=1S/C39H32N4O7/c1-22-13-15-25(16-14-22)40-42-36(46)32-21-31-29(17-18-30-33(31)37(47)41(35(30)45)26-10-6-11-27(20-26)43(49)50)34(23-7-5-12-28(44)19-23)39(32,38(42)48)24-8-3-2-4-9-24/h2-17,19-20,30-34,40,44H,18,21H2,1H3/t30-,31+,32-,33-,34-,39+/m0/s1. The lowest BCUT2D eigenvalue weighted by molar-refractivity contribution is -0.384. The van der Waals surface area contributed by atoms with Gasteiger partial charge in [0.25, 0.3) is 17.5 Å². The van der Waals surface area contributed by atoms with Crippen molar-refractivity contribution in [2.24, 2.45) is 23.7 Å². The maximum Gasteiger partial charge on any atom is 0.271 e. The van der Waals surface area contributed by atoms with Crippen LogP contribution in [0.1, 0.15) is 35.4 Å². The quantitative estimate of drug-likeness (QED) is 0.113. The lowest BCUT2D eigenvalue weighted by Gasteiger charge is -2.50. The second-order valence-corrected chi connectivity index (χ2v) is 13.5. The maximum atomic E-state index is 15.1. The summed E-state index contributed by atoms with van der Waals surface area (Å²) in [6.45, 7) is 1.94. The number of nitrogens with one attached hydrogen (secondary N) is 1. The van der Waals surface area contributed by atoms with E-state index >= 15 is 4.79 Å². The molecule has 0 unspecified atom stereocenters. The fraction of sp³-hybridized carbons (Fsp3) is 0.231. The molecule has 250 valence electrons. The second-order valence-electron chi connectivity index (χ2n) is 13.5. The lowest BCUT2D eigenvalue weighted by atomic mass is 9.49. The average molecular weight is 669 g/mol. The topological polar surface area (TPSA) is 150 Å². The first-order valence-electron chi connectivity index (χ1n) is 16.5. The zero-order chi connectivity index (χ0) is 34.9. The smallest absolute Gasteiger partial charge is 0.271 e. The van der Waals surface area contributed by atoms with Gasteiger partial charge in [-0.25, -0.2) is 4.90 Å². The Morgan fingerprint density at radius 3 is 2.30 bits per heavy atom. The number of rotatable bonds is 6. The molecule has 2 saturated heterocycles. The molecular formula is C39H32N4O7. The van der Waals surface area contributed by atoms with Crippen LogP contribution in [0.4, 0.5) is 17.1 Å². The van der Waals surface area contributed by atoms with Crippen LogP contribution >= 0.6 is 0 Å². The number of phenols is 1. The highest BCUT2D eigenvalue weighted by Gasteiger charge is 2.70. The van der Waals surface area contributed by atoms with Gasteiger partial charge in [0.1, 0.15) is 5.75 Å². The molecule has 4 amide bonds. The molecule has 11 nitrogen and oxygen atoms in total. The van der Waals surface area contributed by atoms with E-state index < -0.39 is 63.6 Å². The summed E-state index contributed by atoms with van der Waals surface area (Å²) in [5.74, 6) is -5.84. The monoisotopic (exact) mass is 668 g/mol. The summed E-state index contributed by atoms with van der Waals surface area (Å²) in [6.07, 6.45) is 2.23. The summed E-state index contributed by atoms with van der Waals surface area (Å²) in [7, 11) is 0. The predicted molar refractivity (Wildman–Crippen MR) is 182 cm³/mol. The third-order valence-corrected chi connectivity index (χ3v) is 10.9. The van der Waals surface area contributed by atoms with Crippen LogP contribution in [0.15, 0.2) is 115 Å². The van der Waals surface area contributed by atoms with Crippen LogP contribution in [-0.4, -0.2) is 38.7 Å². The minimum Gasteiger partial charge on any atom is -0.508 e. The van der Waals surface area contributed by atoms with Gasteiger partial charge < -0.3 is 5.11 Å². The Kier molecular flexibility index (Phi) is 7.18. The SMILES string of the molecule is Cc1ccc(NN2C(=O)[C@@H]3C[C@@H]4C(=CC[C@@H]5C(=O)N(c6cccc([N+](=O)[O-])c6)C(=O)[C@@H]54)[C@H](c4cccc(O)c4)[C@]3(c3ccccc3)C2=O)cc1. The number of non-ortho nitro benzene ring substituents is 1. The van der Waals surface area contributed by atoms with Crippen LogP contribution in [0.3, 0.4) is 0 Å². The van der Waals surface area contributed by atoms with E-state index in [0.717, 1.165) is 21.0 Å². The van der Waals surface area contributed by atoms with E-state index in [1.165, 1.54) is 30.3 Å². The highest BCUT2D eigenvalue weighted by atomic mass is 16.6. The number of nitrogens with zero attached hydrogens (tertiary/aromatic N) is 3. The molecule has 3 fully saturated rings. The first-order chi connectivity index (χ1) is 24.1. The zero-order valence-corrected chi connectivity index (χ0v) is 26.9. The molecule has 1 saturated carbocycles. The molecular weight excluding hydrogens is 636 g/mol. The van der Waals surface area contributed by atoms with Crippen LogP contribution < -0.4 is 10.3 Å². The Hall–Kier alpha value is -6.10. The Morgan fingerprint density at radius 1 is 0.840 bits per heavy atom. The van der Waals surface area contributed by atoms with Crippen molar-refractivity contribution in [3.8, 4) is 5.75 Å². The van der Waals surface area contributed by atoms with Crippen LogP contribution in [0, 0.1) is 40.7 Å². The average Bonchev–Trinajstić information content (AvgIpc) is 3.50. The van der Waals surface area contributed by atoms with Gasteiger partial charge in [0.15, 0.2) is 0 Å². The molecule has 2 heterocycles. The van der Waals surface area contributed by atoms with Crippen molar-refractivity contribution in [1.82, 2.24) is 5.01 Å². The number of anilines is 2. The van der Waals surface area contributed by atoms with E-state index in [0.29, 0.717) is 16.8 Å². The Bertz CT molecular complexity index is 2130. The lowest BCUT2D eigenvalue weighted by Crippen LogP contribution is -2.53. The van der Waals surface area contributed by atoms with Crippen molar-refractivity contribution in [2.45, 2.75) is 31.1 Å². The van der Waals surface area contributed by atoms with Crippen molar-refractivity contribution in [1.29, 1.82) is 0 Å². The Labute approximate surface area is 286 Å². The largest absolute Gasteiger partial charge is 0.508 e. The molecule has 6 atom stereocenters. The highest BCUT2D eigenvalue weighted by molar-refractivity contribution is 6.22. The van der Waals surface area contributed by atoms with E-state index in [1.54, 1.807) is 24.3 Å². The van der Waals surface area contributed by atoms with Crippen LogP contribution in [0.2, 0.25) is 0 Å². The minimum atomic E-state index is -1.45. The van der Waals surface area contributed by atoms with E-state index in [-0.39, 0.29) is 30.0 Å². The number of aryl methyl sites for hydroxylation is 1. The van der Waals surface area contributed by atoms with Gasteiger partial charge in [0, 0.05) is 18.1 Å². The second kappa shape index (κ2) is 11.5. The molecule has 0 aromatic heterocycles. The van der Waals surface area contributed by atoms with Crippen LogP contribution in [0.25, 0.3) is 0 Å². The Morgan fingerprint density at radius 2 is 1.58 bits per heavy atom. The normalized spacial score (nSPS) is 27.1. The van der Waals surface area contributed by atoms with Gasteiger partial charge in [-0.1, -0.05) is 77.9 Å². The van der Waals surface area contributed by atoms with Crippen molar-refractivity contribution >= 4 is 40.7 Å². The number of fused-ring (bicyclic) bond motifs is 4. The number of nitro groups is 1. The number of allylic oxidation sites excluding steroid dienone is 2. The highest BCUT2D eigenvalue weighted by Crippen LogP contribution is 2.64. The van der Waals surface area contributed by atoms with Gasteiger partial charge in [-0.3, -0.25) is 34.7 Å². The summed E-state index contributed by atoms with van der Waals surface area (Å²) in [4.78, 5) is 70.2. The van der Waals surface area contributed by atoms with E-state index in [1.807, 2.05) is 61.5 Å². The molecule has 11 heteroatoms. The van der Waals surface area contributed by atoms with Gasteiger partial charge >= 0.3 is 0 Å². The number of carbonyl (C=O) groups is 4. The van der Waals surface area contributed by atoms with Gasteiger partial charge in [0.05, 0.1) is 39.5 Å². The molecule has 4 aromatic rings. The number of hydrogen-bond acceptors (Lipinski definition) is 8. The van der Waals surface area contributed by atoms with Gasteiger partial charge in [-0.15, -0.1) is 0 Å². The summed E-state index contributed by atoms with van der Waals surface area (Å²) < 4.78 is 0. The summed E-state index contributed by atoms with van der Waals surface area (Å²) in [6, 6.07) is 28.5. The van der Waals surface area contributed by atoms with Crippen molar-refractivity contribution in [2.75, 3.05) is 10.3 Å². The first-order valence-corrected chi connectivity index (χ1v) is 16.5. The number of phenolic OH excluding ortho intramolecular Hbond substituents is 1. The first kappa shape index (κ1) is 31.2. The number of imide groups is 2. The van der Waals surface area contributed by atoms with Crippen LogP contribution in [-0.2, 0) is 24.6 Å². The maximum absolute atomic E-state index is 15.1. The van der Waals surface area contributed by atoms with Crippen molar-refractivity contribution in [3.63, 3.8) is 0 Å². The van der Waals surface area contributed by atoms with E-state index in [9.17, 15) is 29.6 Å². The Balaban J connectivity index is 1.30. The van der Waals surface area contributed by atoms with E-state index in [4.69, 9.17) is 0 Å². The molecule has 2 aliphatic heterocycles. The van der Waals surface area contributed by atoms with Gasteiger partial charge in [-0.05, 0) is 67.1 Å². The van der Waals surface area contributed by atoms with Crippen LogP contribution in [0.5, 0.6) is 5.75 Å². The minimum absolute atomic E-state index is 0.0194. The van der Waals surface area contributed by atoms with E-state index in [2.05, 4.69) is 5.43 Å². The number of aromatic hydroxyl groups is 1. The molecule has 4 aliphatic rings. The van der Waals surface area contributed by atoms with Crippen molar-refractivity contribution in [3.05, 3.63) is 142 Å². The molecule has 2 N–H and O–H groups in total. The molecule has 2 aliphatic carbocycles. The summed E-state index contributed by atoms with van der Waals surface area (Å²) in [5, 5.41) is 23.4. The summed E-state index contributed by atoms with van der Waals surface area (Å²) in [5.41, 5.74) is 5.01. The number of nitro benzene ring substituents is 1. The fourth-order valence-corrected chi connectivity index (χ4v) is 8.83. The number of hydrogen-bond donors (Lipinski definition) is 2. The molecule has 0 bridgehead atoms. The zero-order valence-electron chi connectivity index (χ0n) is 26.9. The van der Waals surface area contributed by atoms with Gasteiger partial charge in [-0.2, -0.15) is 5.01 Å². The van der Waals surface area contributed by atoms with Gasteiger partial charge in [0.2, 0.25) is 11.8 Å². The number of hydrazine groups is 1. The third kappa shape index (κ3) is 4.49. The predicted octanol–water partition coefficient (Wildman–Crippen LogP) is 5.80.